The molecule has 0 radical (unpaired) electrons. The molecule has 1 atom stereocenters. The van der Waals surface area contributed by atoms with Crippen LogP contribution in [0, 0.1) is 0 Å². The van der Waals surface area contributed by atoms with Crippen molar-refractivity contribution in [2.24, 2.45) is 0 Å². The van der Waals surface area contributed by atoms with Crippen molar-refractivity contribution in [3.8, 4) is 0 Å². The maximum absolute atomic E-state index is 11.8. The Hall–Kier alpha value is -1.40. The number of rotatable bonds is 10. The van der Waals surface area contributed by atoms with E-state index >= 15 is 0 Å². The molecule has 1 rings (SSSR count). The van der Waals surface area contributed by atoms with Crippen LogP contribution in [-0.2, 0) is 13.8 Å². The van der Waals surface area contributed by atoms with Crippen molar-refractivity contribution in [2.45, 2.75) is 38.6 Å². The average molecular weight is 345 g/mol. The van der Waals surface area contributed by atoms with E-state index in [1.165, 1.54) is 0 Å². The van der Waals surface area contributed by atoms with Crippen molar-refractivity contribution < 1.29 is 28.4 Å². The van der Waals surface area contributed by atoms with Gasteiger partial charge in [-0.15, -0.1) is 0 Å². The molecule has 0 spiro atoms. The summed E-state index contributed by atoms with van der Waals surface area (Å²) in [4.78, 5) is 29.4. The van der Waals surface area contributed by atoms with Crippen LogP contribution in [0.15, 0.2) is 30.3 Å². The highest BCUT2D eigenvalue weighted by molar-refractivity contribution is 7.46. The van der Waals surface area contributed by atoms with Crippen molar-refractivity contribution in [1.82, 2.24) is 5.32 Å². The number of ether oxygens (including phenoxy) is 1. The van der Waals surface area contributed by atoms with Crippen LogP contribution in [0.2, 0.25) is 0 Å². The lowest BCUT2D eigenvalue weighted by atomic mass is 10.1. The zero-order chi connectivity index (χ0) is 17.1. The van der Waals surface area contributed by atoms with E-state index in [0.29, 0.717) is 12.2 Å². The summed E-state index contributed by atoms with van der Waals surface area (Å²) in [6.45, 7) is 2.06. The number of nitrogens with one attached hydrogen (secondary N) is 1. The summed E-state index contributed by atoms with van der Waals surface area (Å²) >= 11 is 0. The van der Waals surface area contributed by atoms with E-state index in [4.69, 9.17) is 14.5 Å². The molecule has 0 aromatic heterocycles. The number of phosphoric acid groups is 1. The van der Waals surface area contributed by atoms with E-state index in [0.717, 1.165) is 25.7 Å². The molecular formula is C15H24NO6P. The topological polar surface area (TPSA) is 105 Å². The number of amides is 1. The van der Waals surface area contributed by atoms with Gasteiger partial charge in [0, 0.05) is 0 Å². The molecule has 0 saturated heterocycles. The Morgan fingerprint density at radius 1 is 1.22 bits per heavy atom. The van der Waals surface area contributed by atoms with Crippen LogP contribution in [0.25, 0.3) is 0 Å². The molecule has 1 aromatic carbocycles. The number of alkyl carbamates (subject to hydrolysis) is 1. The fraction of sp³-hybridized carbons (Fsp3) is 0.533. The first-order chi connectivity index (χ1) is 10.9. The first kappa shape index (κ1) is 19.6. The van der Waals surface area contributed by atoms with Crippen LogP contribution < -0.4 is 5.32 Å². The fourth-order valence-electron chi connectivity index (χ4n) is 1.96. The molecule has 8 heteroatoms. The van der Waals surface area contributed by atoms with Gasteiger partial charge < -0.3 is 19.8 Å². The van der Waals surface area contributed by atoms with Crippen molar-refractivity contribution in [1.29, 1.82) is 0 Å². The highest BCUT2D eigenvalue weighted by Gasteiger charge is 2.21. The molecule has 0 fully saturated rings. The summed E-state index contributed by atoms with van der Waals surface area (Å²) in [5.74, 6) is 0. The Kier molecular flexibility index (Phi) is 8.87. The SMILES string of the molecule is CCCCCCOC(=O)N[C@@H](COP(=O)(O)O)c1ccccc1. The quantitative estimate of drug-likeness (QED) is 0.444. The van der Waals surface area contributed by atoms with E-state index in [-0.39, 0.29) is 6.61 Å². The molecule has 0 aliphatic rings. The average Bonchev–Trinajstić information content (AvgIpc) is 2.51. The van der Waals surface area contributed by atoms with Crippen molar-refractivity contribution in [3.05, 3.63) is 35.9 Å². The molecule has 0 heterocycles. The minimum absolute atomic E-state index is 0.312. The van der Waals surface area contributed by atoms with Gasteiger partial charge in [0.05, 0.1) is 19.3 Å². The third-order valence-corrected chi connectivity index (χ3v) is 3.62. The van der Waals surface area contributed by atoms with Crippen molar-refractivity contribution >= 4 is 13.9 Å². The predicted molar refractivity (Wildman–Crippen MR) is 85.8 cm³/mol. The molecule has 3 N–H and O–H groups in total. The summed E-state index contributed by atoms with van der Waals surface area (Å²) in [6.07, 6.45) is 3.34. The predicted octanol–water partition coefficient (Wildman–Crippen LogP) is 3.14. The molecule has 0 bridgehead atoms. The Morgan fingerprint density at radius 2 is 1.91 bits per heavy atom. The summed E-state index contributed by atoms with van der Waals surface area (Å²) in [6, 6.07) is 8.09. The van der Waals surface area contributed by atoms with E-state index in [1.807, 2.05) is 0 Å². The number of carbonyl (C=O) groups is 1. The molecule has 0 aliphatic carbocycles. The number of phosphoric ester groups is 1. The number of hydrogen-bond acceptors (Lipinski definition) is 4. The second kappa shape index (κ2) is 10.4. The third-order valence-electron chi connectivity index (χ3n) is 3.13. The monoisotopic (exact) mass is 345 g/mol. The summed E-state index contributed by atoms with van der Waals surface area (Å²) in [7, 11) is -4.61. The van der Waals surface area contributed by atoms with Crippen LogP contribution in [-0.4, -0.2) is 29.1 Å². The van der Waals surface area contributed by atoms with E-state index in [1.54, 1.807) is 30.3 Å². The number of benzene rings is 1. The van der Waals surface area contributed by atoms with Gasteiger partial charge in [0.2, 0.25) is 0 Å². The van der Waals surface area contributed by atoms with Gasteiger partial charge in [0.1, 0.15) is 0 Å². The number of unbranched alkanes of at least 4 members (excludes halogenated alkanes) is 3. The summed E-state index contributed by atoms with van der Waals surface area (Å²) < 4.78 is 20.4. The maximum atomic E-state index is 11.8. The molecule has 1 aromatic rings. The minimum atomic E-state index is -4.61. The Morgan fingerprint density at radius 3 is 2.52 bits per heavy atom. The lowest BCUT2D eigenvalue weighted by molar-refractivity contribution is 0.129. The van der Waals surface area contributed by atoms with Gasteiger partial charge in [-0.25, -0.2) is 9.36 Å². The maximum Gasteiger partial charge on any atom is 0.469 e. The van der Waals surface area contributed by atoms with Gasteiger partial charge >= 0.3 is 13.9 Å². The van der Waals surface area contributed by atoms with E-state index in [9.17, 15) is 9.36 Å². The van der Waals surface area contributed by atoms with Crippen LogP contribution in [0.5, 0.6) is 0 Å². The molecule has 1 amide bonds. The first-order valence-electron chi connectivity index (χ1n) is 7.60. The normalized spacial score (nSPS) is 12.7. The highest BCUT2D eigenvalue weighted by Crippen LogP contribution is 2.37. The second-order valence-corrected chi connectivity index (χ2v) is 6.33. The van der Waals surface area contributed by atoms with Crippen molar-refractivity contribution in [2.75, 3.05) is 13.2 Å². The summed E-state index contributed by atoms with van der Waals surface area (Å²) in [5, 5.41) is 2.57. The minimum Gasteiger partial charge on any atom is -0.450 e. The Labute approximate surface area is 136 Å². The van der Waals surface area contributed by atoms with Gasteiger partial charge in [-0.2, -0.15) is 0 Å². The number of hydrogen-bond donors (Lipinski definition) is 3. The Bertz CT molecular complexity index is 504. The van der Waals surface area contributed by atoms with Gasteiger partial charge in [-0.3, -0.25) is 4.52 Å². The zero-order valence-electron chi connectivity index (χ0n) is 13.2. The molecule has 7 nitrogen and oxygen atoms in total. The lowest BCUT2D eigenvalue weighted by Crippen LogP contribution is -2.32. The molecule has 23 heavy (non-hydrogen) atoms. The molecule has 130 valence electrons. The lowest BCUT2D eigenvalue weighted by Gasteiger charge is -2.19. The second-order valence-electron chi connectivity index (χ2n) is 5.09. The first-order valence-corrected chi connectivity index (χ1v) is 9.13. The van der Waals surface area contributed by atoms with Crippen LogP contribution in [0.4, 0.5) is 4.79 Å². The van der Waals surface area contributed by atoms with Crippen molar-refractivity contribution in [3.63, 3.8) is 0 Å². The fourth-order valence-corrected chi connectivity index (χ4v) is 2.30. The van der Waals surface area contributed by atoms with E-state index < -0.39 is 20.0 Å². The molecule has 0 aliphatic heterocycles. The smallest absolute Gasteiger partial charge is 0.450 e. The zero-order valence-corrected chi connectivity index (χ0v) is 14.1. The molecule has 0 saturated carbocycles. The summed E-state index contributed by atoms with van der Waals surface area (Å²) in [5.41, 5.74) is 0.670. The van der Waals surface area contributed by atoms with Gasteiger partial charge in [-0.05, 0) is 12.0 Å². The Balaban J connectivity index is 2.52. The standard InChI is InChI=1S/C15H24NO6P/c1-2-3-4-8-11-21-15(17)16-14(12-22-23(18,19)20)13-9-6-5-7-10-13/h5-7,9-10,14H,2-4,8,11-12H2,1H3,(H,16,17)(H2,18,19,20)/t14-/m0/s1. The largest absolute Gasteiger partial charge is 0.469 e. The van der Waals surface area contributed by atoms with Crippen LogP contribution in [0.3, 0.4) is 0 Å². The highest BCUT2D eigenvalue weighted by atomic mass is 31.2. The van der Waals surface area contributed by atoms with Crippen LogP contribution >= 0.6 is 7.82 Å². The molecule has 0 unspecified atom stereocenters. The van der Waals surface area contributed by atoms with E-state index in [2.05, 4.69) is 16.8 Å². The van der Waals surface area contributed by atoms with Gasteiger partial charge in [0.15, 0.2) is 0 Å². The van der Waals surface area contributed by atoms with Gasteiger partial charge in [0.25, 0.3) is 0 Å². The van der Waals surface area contributed by atoms with Gasteiger partial charge in [-0.1, -0.05) is 56.5 Å². The molecular weight excluding hydrogens is 321 g/mol. The number of carbonyl (C=O) groups excluding carboxylic acids is 1. The van der Waals surface area contributed by atoms with Crippen LogP contribution in [0.1, 0.15) is 44.2 Å². The third kappa shape index (κ3) is 9.36.